The largest absolute Gasteiger partial charge is 0.345 e. The van der Waals surface area contributed by atoms with Crippen molar-refractivity contribution in [1.29, 1.82) is 0 Å². The first kappa shape index (κ1) is 15.8. The lowest BCUT2D eigenvalue weighted by Crippen LogP contribution is -2.24. The molecule has 1 amide bonds. The van der Waals surface area contributed by atoms with Gasteiger partial charge < -0.3 is 5.32 Å². The lowest BCUT2D eigenvalue weighted by Gasteiger charge is -2.07. The maximum absolute atomic E-state index is 12.5. The van der Waals surface area contributed by atoms with Gasteiger partial charge in [-0.1, -0.05) is 12.1 Å². The number of hydrogen-bond donors (Lipinski definition) is 1. The number of amides is 1. The van der Waals surface area contributed by atoms with Crippen LogP contribution in [0, 0.1) is 6.92 Å². The van der Waals surface area contributed by atoms with Crippen LogP contribution >= 0.6 is 15.9 Å². The molecular formula is C19H15BrN4O. The van der Waals surface area contributed by atoms with Gasteiger partial charge in [0.2, 0.25) is 0 Å². The average molecular weight is 395 g/mol. The number of aryl methyl sites for hydroxylation is 1. The van der Waals surface area contributed by atoms with Crippen molar-refractivity contribution < 1.29 is 4.79 Å². The first-order valence-electron chi connectivity index (χ1n) is 7.88. The van der Waals surface area contributed by atoms with E-state index in [2.05, 4.69) is 37.3 Å². The highest BCUT2D eigenvalue weighted by molar-refractivity contribution is 9.10. The van der Waals surface area contributed by atoms with Crippen LogP contribution in [0.3, 0.4) is 0 Å². The number of halogens is 1. The van der Waals surface area contributed by atoms with Gasteiger partial charge in [0.25, 0.3) is 5.91 Å². The van der Waals surface area contributed by atoms with E-state index in [1.807, 2.05) is 49.5 Å². The van der Waals surface area contributed by atoms with Gasteiger partial charge in [-0.3, -0.25) is 9.20 Å². The van der Waals surface area contributed by atoms with Gasteiger partial charge in [0.1, 0.15) is 11.3 Å². The van der Waals surface area contributed by atoms with E-state index in [1.165, 1.54) is 5.56 Å². The molecule has 0 radical (unpaired) electrons. The summed E-state index contributed by atoms with van der Waals surface area (Å²) in [5, 5.41) is 3.98. The summed E-state index contributed by atoms with van der Waals surface area (Å²) in [6.07, 6.45) is 3.41. The van der Waals surface area contributed by atoms with Gasteiger partial charge in [-0.2, -0.15) is 0 Å². The maximum Gasteiger partial charge on any atom is 0.270 e. The molecule has 1 aromatic carbocycles. The van der Waals surface area contributed by atoms with Crippen molar-refractivity contribution in [3.63, 3.8) is 0 Å². The Balaban J connectivity index is 1.56. The molecule has 1 N–H and O–H groups in total. The lowest BCUT2D eigenvalue weighted by molar-refractivity contribution is 0.0944. The van der Waals surface area contributed by atoms with E-state index in [4.69, 9.17) is 0 Å². The molecule has 0 aliphatic carbocycles. The van der Waals surface area contributed by atoms with Crippen LogP contribution in [0.1, 0.15) is 21.7 Å². The fraction of sp³-hybridized carbons (Fsp3) is 0.105. The Kier molecular flexibility index (Phi) is 3.97. The number of fused-ring (bicyclic) bond motifs is 2. The molecule has 0 spiro atoms. The molecule has 5 nitrogen and oxygen atoms in total. The second kappa shape index (κ2) is 6.29. The number of nitrogens with zero attached hydrogens (tertiary/aromatic N) is 3. The Labute approximate surface area is 152 Å². The molecule has 25 heavy (non-hydrogen) atoms. The molecule has 4 aromatic rings. The quantitative estimate of drug-likeness (QED) is 0.573. The summed E-state index contributed by atoms with van der Waals surface area (Å²) in [6, 6.07) is 13.7. The molecule has 124 valence electrons. The van der Waals surface area contributed by atoms with Crippen molar-refractivity contribution in [2.24, 2.45) is 0 Å². The number of hydrogen-bond acceptors (Lipinski definition) is 3. The molecule has 0 atom stereocenters. The number of pyridine rings is 2. The summed E-state index contributed by atoms with van der Waals surface area (Å²) in [4.78, 5) is 21.3. The summed E-state index contributed by atoms with van der Waals surface area (Å²) in [5.74, 6) is -0.177. The summed E-state index contributed by atoms with van der Waals surface area (Å²) < 4.78 is 2.72. The predicted octanol–water partition coefficient (Wildman–Crippen LogP) is 3.88. The Morgan fingerprint density at radius 1 is 1.24 bits per heavy atom. The summed E-state index contributed by atoms with van der Waals surface area (Å²) >= 11 is 3.56. The topological polar surface area (TPSA) is 59.3 Å². The minimum atomic E-state index is -0.177. The Morgan fingerprint density at radius 3 is 3.00 bits per heavy atom. The number of carbonyl (C=O) groups is 1. The first-order valence-corrected chi connectivity index (χ1v) is 8.67. The Morgan fingerprint density at radius 2 is 2.12 bits per heavy atom. The monoisotopic (exact) mass is 394 g/mol. The zero-order valence-corrected chi connectivity index (χ0v) is 15.1. The minimum Gasteiger partial charge on any atom is -0.345 e. The molecule has 0 fully saturated rings. The van der Waals surface area contributed by atoms with E-state index in [-0.39, 0.29) is 5.91 Å². The van der Waals surface area contributed by atoms with Crippen LogP contribution in [0.25, 0.3) is 16.6 Å². The average Bonchev–Trinajstić information content (AvgIpc) is 3.04. The van der Waals surface area contributed by atoms with Gasteiger partial charge in [-0.15, -0.1) is 0 Å². The van der Waals surface area contributed by atoms with Crippen LogP contribution in [-0.4, -0.2) is 20.3 Å². The number of imidazole rings is 1. The summed E-state index contributed by atoms with van der Waals surface area (Å²) in [7, 11) is 0. The van der Waals surface area contributed by atoms with E-state index in [1.54, 1.807) is 10.6 Å². The zero-order valence-electron chi connectivity index (χ0n) is 13.5. The second-order valence-electron chi connectivity index (χ2n) is 5.88. The standard InChI is InChI=1S/C19H15BrN4O/c1-12-8-13-5-6-14(23-18(13)15(20)9-12)10-22-19(25)16-11-21-17-4-2-3-7-24(16)17/h2-9,11H,10H2,1H3,(H,22,25). The first-order chi connectivity index (χ1) is 12.1. The molecule has 0 aliphatic heterocycles. The molecule has 4 rings (SSSR count). The van der Waals surface area contributed by atoms with E-state index in [0.717, 1.165) is 26.7 Å². The highest BCUT2D eigenvalue weighted by Gasteiger charge is 2.12. The van der Waals surface area contributed by atoms with Gasteiger partial charge in [0.15, 0.2) is 0 Å². The smallest absolute Gasteiger partial charge is 0.270 e. The van der Waals surface area contributed by atoms with Crippen molar-refractivity contribution >= 4 is 38.4 Å². The molecule has 0 bridgehead atoms. The van der Waals surface area contributed by atoms with Crippen LogP contribution in [-0.2, 0) is 6.54 Å². The number of benzene rings is 1. The lowest BCUT2D eigenvalue weighted by atomic mass is 10.1. The third kappa shape index (κ3) is 3.00. The van der Waals surface area contributed by atoms with Gasteiger partial charge in [-0.05, 0) is 58.7 Å². The molecule has 3 heterocycles. The maximum atomic E-state index is 12.5. The minimum absolute atomic E-state index is 0.177. The molecule has 0 unspecified atom stereocenters. The van der Waals surface area contributed by atoms with Gasteiger partial charge in [0, 0.05) is 16.1 Å². The normalized spacial score (nSPS) is 11.1. The van der Waals surface area contributed by atoms with Crippen molar-refractivity contribution in [2.45, 2.75) is 13.5 Å². The van der Waals surface area contributed by atoms with Crippen LogP contribution in [0.15, 0.2) is 59.3 Å². The fourth-order valence-corrected chi connectivity index (χ4v) is 3.51. The second-order valence-corrected chi connectivity index (χ2v) is 6.73. The Bertz CT molecular complexity index is 1100. The SMILES string of the molecule is Cc1cc(Br)c2nc(CNC(=O)c3cnc4ccccn34)ccc2c1. The van der Waals surface area contributed by atoms with Crippen molar-refractivity contribution in [2.75, 3.05) is 0 Å². The molecule has 6 heteroatoms. The predicted molar refractivity (Wildman–Crippen MR) is 101 cm³/mol. The number of carbonyl (C=O) groups excluding carboxylic acids is 1. The highest BCUT2D eigenvalue weighted by atomic mass is 79.9. The number of rotatable bonds is 3. The fourth-order valence-electron chi connectivity index (χ4n) is 2.83. The molecule has 3 aromatic heterocycles. The van der Waals surface area contributed by atoms with Crippen molar-refractivity contribution in [3.05, 3.63) is 76.3 Å². The van der Waals surface area contributed by atoms with Crippen molar-refractivity contribution in [1.82, 2.24) is 19.7 Å². The van der Waals surface area contributed by atoms with Crippen molar-refractivity contribution in [3.8, 4) is 0 Å². The number of aromatic nitrogens is 3. The highest BCUT2D eigenvalue weighted by Crippen LogP contribution is 2.24. The summed E-state index contributed by atoms with van der Waals surface area (Å²) in [6.45, 7) is 2.41. The van der Waals surface area contributed by atoms with E-state index in [0.29, 0.717) is 12.2 Å². The van der Waals surface area contributed by atoms with E-state index >= 15 is 0 Å². The summed E-state index contributed by atoms with van der Waals surface area (Å²) in [5.41, 5.74) is 4.13. The Hall–Kier alpha value is -2.73. The zero-order chi connectivity index (χ0) is 17.4. The van der Waals surface area contributed by atoms with Crippen LogP contribution in [0.5, 0.6) is 0 Å². The third-order valence-electron chi connectivity index (χ3n) is 4.03. The van der Waals surface area contributed by atoms with Gasteiger partial charge in [0.05, 0.1) is 24.0 Å². The molecule has 0 saturated carbocycles. The molecular weight excluding hydrogens is 380 g/mol. The van der Waals surface area contributed by atoms with Gasteiger partial charge in [-0.25, -0.2) is 9.97 Å². The molecule has 0 aliphatic rings. The van der Waals surface area contributed by atoms with Crippen LogP contribution in [0.4, 0.5) is 0 Å². The van der Waals surface area contributed by atoms with Gasteiger partial charge >= 0.3 is 0 Å². The van der Waals surface area contributed by atoms with Crippen LogP contribution < -0.4 is 5.32 Å². The number of nitrogens with one attached hydrogen (secondary N) is 1. The van der Waals surface area contributed by atoms with Crippen LogP contribution in [0.2, 0.25) is 0 Å². The van der Waals surface area contributed by atoms with E-state index in [9.17, 15) is 4.79 Å². The third-order valence-corrected chi connectivity index (χ3v) is 4.63. The molecule has 0 saturated heterocycles. The van der Waals surface area contributed by atoms with E-state index < -0.39 is 0 Å².